The molecule has 2 saturated heterocycles. The van der Waals surface area contributed by atoms with Crippen molar-refractivity contribution in [3.05, 3.63) is 82.5 Å². The fourth-order valence-electron chi connectivity index (χ4n) is 6.54. The highest BCUT2D eigenvalue weighted by atomic mass is 35.5. The molecule has 2 amide bonds. The summed E-state index contributed by atoms with van der Waals surface area (Å²) in [5.41, 5.74) is 1.50. The van der Waals surface area contributed by atoms with Crippen LogP contribution < -0.4 is 30.7 Å². The number of methoxy groups -OCH3 is 2. The van der Waals surface area contributed by atoms with Crippen LogP contribution in [0.25, 0.3) is 33.6 Å². The monoisotopic (exact) mass is 722 g/mol. The number of hydrogen-bond acceptors (Lipinski definition) is 8. The molecule has 4 N–H and O–H groups in total. The molecule has 0 saturated carbocycles. The molecule has 2 fully saturated rings. The minimum absolute atomic E-state index is 0.0179. The normalized spacial score (nSPS) is 17.4. The van der Waals surface area contributed by atoms with Gasteiger partial charge in [-0.15, -0.1) is 0 Å². The molecular weight excluding hydrogens is 685 g/mol. The number of alkyl halides is 3. The van der Waals surface area contributed by atoms with Crippen LogP contribution in [0.1, 0.15) is 42.4 Å². The maximum atomic E-state index is 15.0. The predicted octanol–water partition coefficient (Wildman–Crippen LogP) is 5.90. The van der Waals surface area contributed by atoms with Gasteiger partial charge in [0.2, 0.25) is 17.7 Å². The van der Waals surface area contributed by atoms with Crippen LogP contribution >= 0.6 is 11.6 Å². The molecule has 2 aromatic carbocycles. The van der Waals surface area contributed by atoms with Crippen molar-refractivity contribution in [1.82, 2.24) is 31.2 Å². The Kier molecular flexibility index (Phi) is 11.1. The zero-order valence-electron chi connectivity index (χ0n) is 28.1. The third-order valence-corrected chi connectivity index (χ3v) is 9.46. The Hall–Kier alpha value is -4.72. The van der Waals surface area contributed by atoms with Crippen molar-refractivity contribution in [2.45, 2.75) is 57.0 Å². The van der Waals surface area contributed by atoms with Crippen LogP contribution in [0.3, 0.4) is 0 Å². The van der Waals surface area contributed by atoms with E-state index < -0.39 is 11.7 Å². The van der Waals surface area contributed by atoms with Crippen molar-refractivity contribution in [2.75, 3.05) is 27.3 Å². The summed E-state index contributed by atoms with van der Waals surface area (Å²) >= 11 is 6.89. The Balaban J connectivity index is 1.28. The Morgan fingerprint density at radius 2 is 1.49 bits per heavy atom. The minimum Gasteiger partial charge on any atom is -0.496 e. The first-order valence-electron chi connectivity index (χ1n) is 16.6. The van der Waals surface area contributed by atoms with Gasteiger partial charge in [-0.05, 0) is 36.6 Å². The largest absolute Gasteiger partial charge is 0.496 e. The molecule has 10 nitrogen and oxygen atoms in total. The average molecular weight is 723 g/mol. The molecule has 6 rings (SSSR count). The number of aromatic nitrogens is 2. The molecule has 4 heterocycles. The van der Waals surface area contributed by atoms with Crippen molar-refractivity contribution in [2.24, 2.45) is 0 Å². The van der Waals surface area contributed by atoms with Crippen molar-refractivity contribution in [3.63, 3.8) is 0 Å². The van der Waals surface area contributed by atoms with Gasteiger partial charge in [-0.1, -0.05) is 48.0 Å². The van der Waals surface area contributed by atoms with Gasteiger partial charge < -0.3 is 30.7 Å². The van der Waals surface area contributed by atoms with Crippen molar-refractivity contribution < 1.29 is 32.2 Å². The predicted molar refractivity (Wildman–Crippen MR) is 187 cm³/mol. The fraction of sp³-hybridized carbons (Fsp3) is 0.351. The minimum atomic E-state index is -4.77. The maximum absolute atomic E-state index is 15.0. The lowest BCUT2D eigenvalue weighted by atomic mass is 9.92. The number of amides is 2. The highest BCUT2D eigenvalue weighted by Gasteiger charge is 2.38. The number of hydrogen-bond donors (Lipinski definition) is 4. The summed E-state index contributed by atoms with van der Waals surface area (Å²) in [6, 6.07) is 14.5. The second kappa shape index (κ2) is 15.7. The first-order chi connectivity index (χ1) is 24.5. The van der Waals surface area contributed by atoms with Gasteiger partial charge in [-0.25, -0.2) is 4.98 Å². The summed E-state index contributed by atoms with van der Waals surface area (Å²) in [7, 11) is 2.96. The van der Waals surface area contributed by atoms with E-state index in [1.54, 1.807) is 18.2 Å². The van der Waals surface area contributed by atoms with E-state index in [9.17, 15) is 9.59 Å². The number of carbonyl (C=O) groups is 2. The van der Waals surface area contributed by atoms with Crippen LogP contribution in [-0.2, 0) is 28.9 Å². The molecule has 268 valence electrons. The Morgan fingerprint density at radius 3 is 2.10 bits per heavy atom. The molecule has 0 unspecified atom stereocenters. The molecule has 0 radical (unpaired) electrons. The van der Waals surface area contributed by atoms with Crippen molar-refractivity contribution >= 4 is 23.4 Å². The zero-order valence-corrected chi connectivity index (χ0v) is 28.9. The standard InChI is InChI=1S/C37H38ClF3N6O4/c1-50-30-16-21(6-7-22(30)17-42-19-24-9-12-31(48)45-24)35-34(38)27(14-15-44-35)26-4-3-5-28(33(26)37(39,40)41)29-11-8-23(36(47-29)51-2)18-43-20-25-10-13-32(49)46-25/h3-8,11,14-16,24-25,42-43H,9-10,12-13,17-20H2,1-2H3,(H,45,48)(H,46,49)/t24-,25+/m1/s1. The van der Waals surface area contributed by atoms with Gasteiger partial charge in [0.05, 0.1) is 36.2 Å². The first-order valence-corrected chi connectivity index (χ1v) is 17.0. The van der Waals surface area contributed by atoms with Gasteiger partial charge in [0, 0.05) is 85.1 Å². The third kappa shape index (κ3) is 8.27. The summed E-state index contributed by atoms with van der Waals surface area (Å²) in [4.78, 5) is 31.9. The fourth-order valence-corrected chi connectivity index (χ4v) is 6.86. The summed E-state index contributed by atoms with van der Waals surface area (Å²) in [5.74, 6) is 0.814. The molecule has 51 heavy (non-hydrogen) atoms. The van der Waals surface area contributed by atoms with Crippen LogP contribution in [0.2, 0.25) is 5.02 Å². The molecule has 2 aliphatic rings. The number of nitrogens with one attached hydrogen (secondary N) is 4. The van der Waals surface area contributed by atoms with Gasteiger partial charge in [0.25, 0.3) is 0 Å². The van der Waals surface area contributed by atoms with Crippen molar-refractivity contribution in [1.29, 1.82) is 0 Å². The molecule has 4 aromatic rings. The molecule has 0 aliphatic carbocycles. The Labute approximate surface area is 298 Å². The van der Waals surface area contributed by atoms with E-state index in [4.69, 9.17) is 21.1 Å². The quantitative estimate of drug-likeness (QED) is 0.134. The molecule has 2 atom stereocenters. The summed E-state index contributed by atoms with van der Waals surface area (Å²) in [6.07, 6.45) is -0.807. The van der Waals surface area contributed by atoms with Gasteiger partial charge in [0.15, 0.2) is 0 Å². The van der Waals surface area contributed by atoms with E-state index in [0.717, 1.165) is 18.4 Å². The number of ether oxygens (including phenoxy) is 2. The SMILES string of the molecule is COc1cc(-c2nccc(-c3cccc(-c4ccc(CNC[C@@H]5CCC(=O)N5)c(OC)n4)c3C(F)(F)F)c2Cl)ccc1CNC[C@H]1CCC(=O)N1. The molecule has 0 spiro atoms. The number of carbonyl (C=O) groups excluding carboxylic acids is 2. The van der Waals surface area contributed by atoms with E-state index >= 15 is 13.2 Å². The molecule has 2 aromatic heterocycles. The smallest absolute Gasteiger partial charge is 0.417 e. The molecule has 0 bridgehead atoms. The zero-order chi connectivity index (χ0) is 36.1. The van der Waals surface area contributed by atoms with Crippen LogP contribution in [0.5, 0.6) is 11.6 Å². The number of benzene rings is 2. The molecular formula is C37H38ClF3N6O4. The Morgan fingerprint density at radius 1 is 0.843 bits per heavy atom. The molecule has 2 aliphatic heterocycles. The van der Waals surface area contributed by atoms with E-state index in [1.165, 1.54) is 50.7 Å². The average Bonchev–Trinajstić information content (AvgIpc) is 3.74. The maximum Gasteiger partial charge on any atom is 0.417 e. The summed E-state index contributed by atoms with van der Waals surface area (Å²) in [6.45, 7) is 1.99. The summed E-state index contributed by atoms with van der Waals surface area (Å²) < 4.78 is 56.1. The lowest BCUT2D eigenvalue weighted by Crippen LogP contribution is -2.35. The number of pyridine rings is 2. The Bertz CT molecular complexity index is 1920. The van der Waals surface area contributed by atoms with Crippen molar-refractivity contribution in [3.8, 4) is 45.3 Å². The van der Waals surface area contributed by atoms with Gasteiger partial charge in [-0.2, -0.15) is 13.2 Å². The van der Waals surface area contributed by atoms with Crippen LogP contribution in [-0.4, -0.2) is 61.2 Å². The van der Waals surface area contributed by atoms with Gasteiger partial charge >= 0.3 is 6.18 Å². The van der Waals surface area contributed by atoms with E-state index in [-0.39, 0.29) is 57.2 Å². The van der Waals surface area contributed by atoms with Crippen LogP contribution in [0.4, 0.5) is 13.2 Å². The highest BCUT2D eigenvalue weighted by Crippen LogP contribution is 2.46. The third-order valence-electron chi connectivity index (χ3n) is 9.08. The first kappa shape index (κ1) is 36.1. The van der Waals surface area contributed by atoms with Crippen LogP contribution in [0, 0.1) is 0 Å². The number of nitrogens with zero attached hydrogens (tertiary/aromatic N) is 2. The topological polar surface area (TPSA) is 126 Å². The second-order valence-electron chi connectivity index (χ2n) is 12.5. The van der Waals surface area contributed by atoms with Gasteiger partial charge in [0.1, 0.15) is 5.75 Å². The second-order valence-corrected chi connectivity index (χ2v) is 12.9. The van der Waals surface area contributed by atoms with Crippen LogP contribution in [0.15, 0.2) is 60.8 Å². The number of halogens is 4. The lowest BCUT2D eigenvalue weighted by Gasteiger charge is -2.20. The lowest BCUT2D eigenvalue weighted by molar-refractivity contribution is -0.136. The number of rotatable bonds is 13. The molecule has 14 heteroatoms. The van der Waals surface area contributed by atoms with E-state index in [2.05, 4.69) is 31.2 Å². The summed E-state index contributed by atoms with van der Waals surface area (Å²) in [5, 5.41) is 12.5. The van der Waals surface area contributed by atoms with E-state index in [0.29, 0.717) is 61.6 Å². The van der Waals surface area contributed by atoms with Gasteiger partial charge in [-0.3, -0.25) is 14.6 Å². The highest BCUT2D eigenvalue weighted by molar-refractivity contribution is 6.35. The van der Waals surface area contributed by atoms with E-state index in [1.807, 2.05) is 6.07 Å².